The largest absolute Gasteiger partial charge is 0.341 e. The zero-order chi connectivity index (χ0) is 20.9. The van der Waals surface area contributed by atoms with Crippen LogP contribution < -0.4 is 5.32 Å². The van der Waals surface area contributed by atoms with Crippen molar-refractivity contribution in [1.29, 1.82) is 0 Å². The highest BCUT2D eigenvalue weighted by molar-refractivity contribution is 5.92. The van der Waals surface area contributed by atoms with Gasteiger partial charge in [-0.15, -0.1) is 0 Å². The molecule has 0 bridgehead atoms. The van der Waals surface area contributed by atoms with Crippen LogP contribution in [0.1, 0.15) is 32.1 Å². The van der Waals surface area contributed by atoms with Crippen molar-refractivity contribution in [2.24, 2.45) is 11.8 Å². The van der Waals surface area contributed by atoms with E-state index in [1.807, 2.05) is 0 Å². The van der Waals surface area contributed by atoms with Crippen LogP contribution in [0.3, 0.4) is 0 Å². The lowest BCUT2D eigenvalue weighted by atomic mass is 9.75. The Morgan fingerprint density at radius 1 is 0.867 bits per heavy atom. The SMILES string of the molecule is O=C(CN1CCN(CC(=O)N2CC[C@H]3CCCC[C@H]3C2)CC1)Nc1ccc(F)cc1. The number of likely N-dealkylation sites (tertiary alicyclic amines) is 1. The molecular weight excluding hydrogens is 383 g/mol. The number of carbonyl (C=O) groups excluding carboxylic acids is 2. The van der Waals surface area contributed by atoms with E-state index in [4.69, 9.17) is 0 Å². The average molecular weight is 417 g/mol. The topological polar surface area (TPSA) is 55.9 Å². The molecule has 1 aliphatic carbocycles. The average Bonchev–Trinajstić information content (AvgIpc) is 2.76. The Morgan fingerprint density at radius 3 is 2.20 bits per heavy atom. The summed E-state index contributed by atoms with van der Waals surface area (Å²) in [6.45, 7) is 5.83. The van der Waals surface area contributed by atoms with Crippen molar-refractivity contribution in [3.63, 3.8) is 0 Å². The summed E-state index contributed by atoms with van der Waals surface area (Å²) >= 11 is 0. The van der Waals surface area contributed by atoms with Crippen LogP contribution in [0.25, 0.3) is 0 Å². The van der Waals surface area contributed by atoms with E-state index < -0.39 is 0 Å². The van der Waals surface area contributed by atoms with Gasteiger partial charge >= 0.3 is 0 Å². The molecule has 6 nitrogen and oxygen atoms in total. The van der Waals surface area contributed by atoms with Crippen molar-refractivity contribution in [2.75, 3.05) is 57.7 Å². The molecule has 2 aliphatic heterocycles. The number of amides is 2. The van der Waals surface area contributed by atoms with Gasteiger partial charge in [-0.25, -0.2) is 4.39 Å². The lowest BCUT2D eigenvalue weighted by Crippen LogP contribution is -2.53. The highest BCUT2D eigenvalue weighted by Crippen LogP contribution is 2.36. The van der Waals surface area contributed by atoms with E-state index in [1.54, 1.807) is 12.1 Å². The number of hydrogen-bond donors (Lipinski definition) is 1. The number of benzene rings is 1. The summed E-state index contributed by atoms with van der Waals surface area (Å²) in [5.74, 6) is 1.41. The maximum Gasteiger partial charge on any atom is 0.238 e. The predicted octanol–water partition coefficient (Wildman–Crippen LogP) is 2.42. The summed E-state index contributed by atoms with van der Waals surface area (Å²) in [6.07, 6.45) is 6.49. The van der Waals surface area contributed by atoms with E-state index in [1.165, 1.54) is 44.2 Å². The zero-order valence-electron chi connectivity index (χ0n) is 17.7. The predicted molar refractivity (Wildman–Crippen MR) is 115 cm³/mol. The number of piperidine rings is 1. The molecule has 1 aromatic carbocycles. The number of halogens is 1. The number of hydrogen-bond acceptors (Lipinski definition) is 4. The minimum atomic E-state index is -0.318. The Balaban J connectivity index is 1.17. The maximum absolute atomic E-state index is 13.0. The van der Waals surface area contributed by atoms with Gasteiger partial charge in [-0.1, -0.05) is 19.3 Å². The molecular formula is C23H33FN4O2. The fourth-order valence-corrected chi connectivity index (χ4v) is 5.16. The van der Waals surface area contributed by atoms with E-state index in [2.05, 4.69) is 20.0 Å². The summed E-state index contributed by atoms with van der Waals surface area (Å²) in [6, 6.07) is 5.80. The van der Waals surface area contributed by atoms with Gasteiger partial charge < -0.3 is 10.2 Å². The summed E-state index contributed by atoms with van der Waals surface area (Å²) in [7, 11) is 0. The van der Waals surface area contributed by atoms with Crippen molar-refractivity contribution < 1.29 is 14.0 Å². The van der Waals surface area contributed by atoms with Crippen molar-refractivity contribution in [1.82, 2.24) is 14.7 Å². The van der Waals surface area contributed by atoms with Crippen LogP contribution >= 0.6 is 0 Å². The second kappa shape index (κ2) is 9.88. The van der Waals surface area contributed by atoms with Crippen LogP contribution in [0, 0.1) is 17.7 Å². The van der Waals surface area contributed by atoms with Crippen LogP contribution in [0.15, 0.2) is 24.3 Å². The van der Waals surface area contributed by atoms with Crippen LogP contribution in [0.4, 0.5) is 10.1 Å². The molecule has 164 valence electrons. The number of rotatable bonds is 5. The van der Waals surface area contributed by atoms with Gasteiger partial charge in [-0.05, 0) is 48.9 Å². The molecule has 2 amide bonds. The smallest absolute Gasteiger partial charge is 0.238 e. The molecule has 0 aromatic heterocycles. The Kier molecular flexibility index (Phi) is 7.00. The van der Waals surface area contributed by atoms with E-state index in [-0.39, 0.29) is 17.6 Å². The van der Waals surface area contributed by atoms with Gasteiger partial charge in [0.25, 0.3) is 0 Å². The van der Waals surface area contributed by atoms with Gasteiger partial charge in [0.1, 0.15) is 5.82 Å². The highest BCUT2D eigenvalue weighted by atomic mass is 19.1. The number of anilines is 1. The van der Waals surface area contributed by atoms with E-state index in [0.29, 0.717) is 24.7 Å². The highest BCUT2D eigenvalue weighted by Gasteiger charge is 2.33. The van der Waals surface area contributed by atoms with E-state index >= 15 is 0 Å². The molecule has 2 saturated heterocycles. The molecule has 0 radical (unpaired) electrons. The third-order valence-electron chi connectivity index (χ3n) is 6.96. The van der Waals surface area contributed by atoms with Gasteiger partial charge in [0.05, 0.1) is 13.1 Å². The molecule has 3 fully saturated rings. The lowest BCUT2D eigenvalue weighted by Gasteiger charge is -2.42. The fourth-order valence-electron chi connectivity index (χ4n) is 5.16. The lowest BCUT2D eigenvalue weighted by molar-refractivity contribution is -0.136. The van der Waals surface area contributed by atoms with Gasteiger partial charge in [0.15, 0.2) is 0 Å². The van der Waals surface area contributed by atoms with Crippen LogP contribution in [0.2, 0.25) is 0 Å². The molecule has 2 heterocycles. The standard InChI is InChI=1S/C23H33FN4O2/c24-20-5-7-21(8-6-20)25-22(29)16-26-11-13-27(14-12-26)17-23(30)28-10-9-18-3-1-2-4-19(18)15-28/h5-8,18-19H,1-4,9-17H2,(H,25,29)/t18-,19+/m1/s1. The molecule has 1 N–H and O–H groups in total. The van der Waals surface area contributed by atoms with Crippen molar-refractivity contribution >= 4 is 17.5 Å². The number of carbonyl (C=O) groups is 2. The summed E-state index contributed by atoms with van der Waals surface area (Å²) in [4.78, 5) is 31.4. The molecule has 1 aromatic rings. The third kappa shape index (κ3) is 5.58. The first-order chi connectivity index (χ1) is 14.6. The zero-order valence-corrected chi connectivity index (χ0v) is 17.7. The Morgan fingerprint density at radius 2 is 1.50 bits per heavy atom. The van der Waals surface area contributed by atoms with Gasteiger partial charge in [0, 0.05) is 45.0 Å². The molecule has 2 atom stereocenters. The summed E-state index contributed by atoms with van der Waals surface area (Å²) in [5.41, 5.74) is 0.604. The molecule has 30 heavy (non-hydrogen) atoms. The first-order valence-electron chi connectivity index (χ1n) is 11.3. The van der Waals surface area contributed by atoms with Gasteiger partial charge in [0.2, 0.25) is 11.8 Å². The normalized spacial score (nSPS) is 25.6. The third-order valence-corrected chi connectivity index (χ3v) is 6.96. The minimum absolute atomic E-state index is 0.0958. The Bertz CT molecular complexity index is 733. The van der Waals surface area contributed by atoms with Crippen molar-refractivity contribution in [3.05, 3.63) is 30.1 Å². The summed E-state index contributed by atoms with van der Waals surface area (Å²) < 4.78 is 13.0. The molecule has 0 unspecified atom stereocenters. The fraction of sp³-hybridized carbons (Fsp3) is 0.652. The molecule has 1 saturated carbocycles. The number of fused-ring (bicyclic) bond motifs is 1. The molecule has 0 spiro atoms. The Hall–Kier alpha value is -1.99. The second-order valence-electron chi connectivity index (χ2n) is 9.04. The summed E-state index contributed by atoms with van der Waals surface area (Å²) in [5, 5.41) is 2.80. The first kappa shape index (κ1) is 21.2. The van der Waals surface area contributed by atoms with Crippen LogP contribution in [0.5, 0.6) is 0 Å². The number of nitrogens with one attached hydrogen (secondary N) is 1. The van der Waals surface area contributed by atoms with E-state index in [0.717, 1.165) is 45.2 Å². The monoisotopic (exact) mass is 416 g/mol. The van der Waals surface area contributed by atoms with Crippen LogP contribution in [-0.2, 0) is 9.59 Å². The maximum atomic E-state index is 13.0. The molecule has 3 aliphatic rings. The van der Waals surface area contributed by atoms with Gasteiger partial charge in [-0.3, -0.25) is 19.4 Å². The van der Waals surface area contributed by atoms with Crippen molar-refractivity contribution in [2.45, 2.75) is 32.1 Å². The molecule has 7 heteroatoms. The minimum Gasteiger partial charge on any atom is -0.341 e. The van der Waals surface area contributed by atoms with Crippen molar-refractivity contribution in [3.8, 4) is 0 Å². The first-order valence-corrected chi connectivity index (χ1v) is 11.3. The number of nitrogens with zero attached hydrogens (tertiary/aromatic N) is 3. The number of piperazine rings is 1. The Labute approximate surface area is 178 Å². The van der Waals surface area contributed by atoms with Gasteiger partial charge in [-0.2, -0.15) is 0 Å². The second-order valence-corrected chi connectivity index (χ2v) is 9.04. The van der Waals surface area contributed by atoms with Crippen LogP contribution in [-0.4, -0.2) is 78.9 Å². The molecule has 4 rings (SSSR count). The quantitative estimate of drug-likeness (QED) is 0.801. The van der Waals surface area contributed by atoms with E-state index in [9.17, 15) is 14.0 Å².